The van der Waals surface area contributed by atoms with Crippen molar-refractivity contribution in [2.75, 3.05) is 0 Å². The Labute approximate surface area is 229 Å². The first kappa shape index (κ1) is 28.2. The monoisotopic (exact) mass is 578 g/mol. The first-order chi connectivity index (χ1) is 16.7. The van der Waals surface area contributed by atoms with Crippen molar-refractivity contribution >= 4 is 49.9 Å². The Balaban J connectivity index is 1.82. The highest BCUT2D eigenvalue weighted by Crippen LogP contribution is 2.46. The van der Waals surface area contributed by atoms with E-state index in [-0.39, 0.29) is 0 Å². The lowest BCUT2D eigenvalue weighted by atomic mass is 10.0. The van der Waals surface area contributed by atoms with Gasteiger partial charge in [0.1, 0.15) is 0 Å². The molecule has 0 aliphatic rings. The van der Waals surface area contributed by atoms with Gasteiger partial charge < -0.3 is 0 Å². The SMILES string of the molecule is CCCCCCc1cc(-c2sc(-c3sccc3CCCCCC)cc2CCCCCC)sc1Br. The topological polar surface area (TPSA) is 0 Å². The van der Waals surface area contributed by atoms with Crippen molar-refractivity contribution in [2.24, 2.45) is 0 Å². The minimum atomic E-state index is 1.20. The van der Waals surface area contributed by atoms with Crippen LogP contribution in [0.25, 0.3) is 19.5 Å². The summed E-state index contributed by atoms with van der Waals surface area (Å²) >= 11 is 9.85. The minimum Gasteiger partial charge on any atom is -0.143 e. The molecule has 0 nitrogen and oxygen atoms in total. The molecular weight excluding hydrogens is 536 g/mol. The summed E-state index contributed by atoms with van der Waals surface area (Å²) in [5.74, 6) is 0. The van der Waals surface area contributed by atoms with Gasteiger partial charge in [0.2, 0.25) is 0 Å². The Morgan fingerprint density at radius 3 is 1.74 bits per heavy atom. The van der Waals surface area contributed by atoms with Crippen LogP contribution in [0.15, 0.2) is 27.4 Å². The van der Waals surface area contributed by atoms with Crippen molar-refractivity contribution in [1.29, 1.82) is 0 Å². The molecule has 188 valence electrons. The Morgan fingerprint density at radius 2 is 1.12 bits per heavy atom. The molecule has 0 aromatic carbocycles. The Morgan fingerprint density at radius 1 is 0.588 bits per heavy atom. The van der Waals surface area contributed by atoms with Gasteiger partial charge in [-0.2, -0.15) is 0 Å². The van der Waals surface area contributed by atoms with Gasteiger partial charge in [-0.3, -0.25) is 0 Å². The molecule has 0 bridgehead atoms. The van der Waals surface area contributed by atoms with Gasteiger partial charge in [0, 0.05) is 19.5 Å². The number of hydrogen-bond donors (Lipinski definition) is 0. The fraction of sp³-hybridized carbons (Fsp3) is 0.600. The van der Waals surface area contributed by atoms with Crippen LogP contribution in [0, 0.1) is 0 Å². The molecule has 3 aromatic rings. The number of halogens is 1. The van der Waals surface area contributed by atoms with Gasteiger partial charge in [0.25, 0.3) is 0 Å². The molecule has 0 unspecified atom stereocenters. The van der Waals surface area contributed by atoms with E-state index >= 15 is 0 Å². The first-order valence-electron chi connectivity index (χ1n) is 13.7. The molecule has 0 aliphatic heterocycles. The van der Waals surface area contributed by atoms with Crippen LogP contribution >= 0.6 is 49.9 Å². The van der Waals surface area contributed by atoms with E-state index in [0.29, 0.717) is 0 Å². The molecule has 0 radical (unpaired) electrons. The second kappa shape index (κ2) is 15.6. The number of unbranched alkanes of at least 4 members (excludes halogenated alkanes) is 9. The second-order valence-corrected chi connectivity index (χ2v) is 13.9. The van der Waals surface area contributed by atoms with Gasteiger partial charge in [-0.05, 0) is 94.7 Å². The van der Waals surface area contributed by atoms with E-state index in [2.05, 4.69) is 60.3 Å². The Hall–Kier alpha value is -0.420. The van der Waals surface area contributed by atoms with Crippen LogP contribution in [0.5, 0.6) is 0 Å². The molecule has 3 rings (SSSR count). The molecule has 0 atom stereocenters. The lowest BCUT2D eigenvalue weighted by molar-refractivity contribution is 0.667. The lowest BCUT2D eigenvalue weighted by Crippen LogP contribution is -1.86. The first-order valence-corrected chi connectivity index (χ1v) is 17.0. The third-order valence-corrected chi connectivity index (χ3v) is 11.1. The zero-order valence-electron chi connectivity index (χ0n) is 21.5. The second-order valence-electron chi connectivity index (χ2n) is 9.58. The van der Waals surface area contributed by atoms with Gasteiger partial charge in [-0.25, -0.2) is 0 Å². The van der Waals surface area contributed by atoms with Crippen LogP contribution in [0.3, 0.4) is 0 Å². The smallest absolute Gasteiger partial charge is 0.0737 e. The van der Waals surface area contributed by atoms with Crippen LogP contribution < -0.4 is 0 Å². The molecule has 0 N–H and O–H groups in total. The van der Waals surface area contributed by atoms with Crippen molar-refractivity contribution in [3.05, 3.63) is 44.1 Å². The van der Waals surface area contributed by atoms with Crippen LogP contribution in [-0.4, -0.2) is 0 Å². The Bertz CT molecular complexity index is 962. The van der Waals surface area contributed by atoms with E-state index in [1.807, 2.05) is 34.0 Å². The summed E-state index contributed by atoms with van der Waals surface area (Å²) in [6.45, 7) is 6.89. The molecular formula is C30H43BrS3. The molecule has 0 spiro atoms. The third kappa shape index (κ3) is 8.32. The maximum absolute atomic E-state index is 3.90. The van der Waals surface area contributed by atoms with E-state index in [1.165, 1.54) is 125 Å². The van der Waals surface area contributed by atoms with E-state index in [9.17, 15) is 0 Å². The zero-order chi connectivity index (χ0) is 24.2. The van der Waals surface area contributed by atoms with Crippen molar-refractivity contribution in [2.45, 2.75) is 117 Å². The summed E-state index contributed by atoms with van der Waals surface area (Å²) in [6, 6.07) is 7.41. The maximum Gasteiger partial charge on any atom is 0.0737 e. The summed E-state index contributed by atoms with van der Waals surface area (Å²) in [4.78, 5) is 6.02. The van der Waals surface area contributed by atoms with Gasteiger partial charge in [-0.15, -0.1) is 34.0 Å². The molecule has 0 saturated heterocycles. The molecule has 3 heterocycles. The van der Waals surface area contributed by atoms with E-state index in [0.717, 1.165) is 0 Å². The lowest BCUT2D eigenvalue weighted by Gasteiger charge is -2.02. The highest BCUT2D eigenvalue weighted by atomic mass is 79.9. The number of hydrogen-bond acceptors (Lipinski definition) is 3. The molecule has 0 aliphatic carbocycles. The average Bonchev–Trinajstić information content (AvgIpc) is 3.56. The normalized spacial score (nSPS) is 11.5. The summed E-state index contributed by atoms with van der Waals surface area (Å²) in [5, 5.41) is 2.31. The fourth-order valence-electron chi connectivity index (χ4n) is 4.60. The highest BCUT2D eigenvalue weighted by molar-refractivity contribution is 9.11. The molecule has 3 aromatic heterocycles. The van der Waals surface area contributed by atoms with Crippen LogP contribution in [0.1, 0.15) is 115 Å². The van der Waals surface area contributed by atoms with Crippen molar-refractivity contribution in [1.82, 2.24) is 0 Å². The molecule has 34 heavy (non-hydrogen) atoms. The van der Waals surface area contributed by atoms with E-state index < -0.39 is 0 Å². The standard InChI is InChI=1S/C30H43BrS3/c1-4-7-10-13-16-23-19-20-32-28(23)26-21-24(17-14-11-8-5-2)29(33-26)27-22-25(30(31)34-27)18-15-12-9-6-3/h19-22H,4-18H2,1-3H3. The van der Waals surface area contributed by atoms with Crippen molar-refractivity contribution < 1.29 is 0 Å². The number of rotatable bonds is 17. The molecule has 4 heteroatoms. The Kier molecular flexibility index (Phi) is 13.0. The van der Waals surface area contributed by atoms with Gasteiger partial charge in [0.15, 0.2) is 0 Å². The maximum atomic E-state index is 3.90. The average molecular weight is 580 g/mol. The molecule has 0 fully saturated rings. The van der Waals surface area contributed by atoms with E-state index in [1.54, 1.807) is 11.1 Å². The predicted octanol–water partition coefficient (Wildman–Crippen LogP) is 12.3. The summed E-state index contributed by atoms with van der Waals surface area (Å²) in [7, 11) is 0. The third-order valence-electron chi connectivity index (χ3n) is 6.66. The van der Waals surface area contributed by atoms with Gasteiger partial charge in [-0.1, -0.05) is 78.6 Å². The summed E-state index contributed by atoms with van der Waals surface area (Å²) in [5.41, 5.74) is 4.65. The summed E-state index contributed by atoms with van der Waals surface area (Å²) in [6.07, 6.45) is 19.6. The quantitative estimate of drug-likeness (QED) is 0.140. The van der Waals surface area contributed by atoms with Crippen molar-refractivity contribution in [3.8, 4) is 19.5 Å². The number of aryl methyl sites for hydroxylation is 3. The van der Waals surface area contributed by atoms with E-state index in [4.69, 9.17) is 0 Å². The zero-order valence-corrected chi connectivity index (χ0v) is 25.6. The van der Waals surface area contributed by atoms with Crippen LogP contribution in [0.4, 0.5) is 0 Å². The van der Waals surface area contributed by atoms with Gasteiger partial charge in [0.05, 0.1) is 3.79 Å². The predicted molar refractivity (Wildman–Crippen MR) is 162 cm³/mol. The summed E-state index contributed by atoms with van der Waals surface area (Å²) < 4.78 is 1.35. The largest absolute Gasteiger partial charge is 0.143 e. The minimum absolute atomic E-state index is 1.20. The van der Waals surface area contributed by atoms with Crippen LogP contribution in [-0.2, 0) is 19.3 Å². The molecule has 0 saturated carbocycles. The fourth-order valence-corrected chi connectivity index (χ4v) is 8.83. The highest BCUT2D eigenvalue weighted by Gasteiger charge is 2.18. The number of thiophene rings is 3. The van der Waals surface area contributed by atoms with Gasteiger partial charge >= 0.3 is 0 Å². The molecule has 0 amide bonds. The van der Waals surface area contributed by atoms with Crippen LogP contribution in [0.2, 0.25) is 0 Å². The van der Waals surface area contributed by atoms with Crippen molar-refractivity contribution in [3.63, 3.8) is 0 Å².